The molecule has 5 heteroatoms. The first-order chi connectivity index (χ1) is 10.3. The van der Waals surface area contributed by atoms with Gasteiger partial charge < -0.3 is 19.4 Å². The van der Waals surface area contributed by atoms with E-state index in [2.05, 4.69) is 39.9 Å². The number of fused-ring (bicyclic) bond motifs is 1. The Bertz CT molecular complexity index is 593. The molecule has 0 saturated carbocycles. The number of pyridine rings is 1. The molecular formula is C16H24N4O. The van der Waals surface area contributed by atoms with Gasteiger partial charge in [0, 0.05) is 32.4 Å². The van der Waals surface area contributed by atoms with Crippen LogP contribution in [0.5, 0.6) is 0 Å². The van der Waals surface area contributed by atoms with Crippen LogP contribution in [0, 0.1) is 0 Å². The molecule has 3 heterocycles. The monoisotopic (exact) mass is 288 g/mol. The van der Waals surface area contributed by atoms with Gasteiger partial charge in [0.2, 0.25) is 0 Å². The summed E-state index contributed by atoms with van der Waals surface area (Å²) in [4.78, 5) is 7.22. The van der Waals surface area contributed by atoms with Gasteiger partial charge in [0.15, 0.2) is 5.82 Å². The summed E-state index contributed by atoms with van der Waals surface area (Å²) in [6, 6.07) is 6.15. The molecule has 0 aliphatic carbocycles. The molecule has 1 unspecified atom stereocenters. The molecule has 0 radical (unpaired) electrons. The number of imidazole rings is 1. The van der Waals surface area contributed by atoms with Crippen LogP contribution in [0.1, 0.15) is 25.5 Å². The van der Waals surface area contributed by atoms with Gasteiger partial charge in [-0.2, -0.15) is 0 Å². The van der Waals surface area contributed by atoms with Crippen molar-refractivity contribution in [3.63, 3.8) is 0 Å². The lowest BCUT2D eigenvalue weighted by atomic mass is 10.1. The van der Waals surface area contributed by atoms with Gasteiger partial charge in [-0.05, 0) is 38.9 Å². The number of anilines is 1. The average Bonchev–Trinajstić information content (AvgIpc) is 2.88. The lowest BCUT2D eigenvalue weighted by Crippen LogP contribution is -2.40. The Morgan fingerprint density at radius 2 is 2.33 bits per heavy atom. The molecule has 2 aromatic heterocycles. The Balaban J connectivity index is 1.93. The molecule has 5 nitrogen and oxygen atoms in total. The van der Waals surface area contributed by atoms with Crippen molar-refractivity contribution in [2.75, 3.05) is 31.6 Å². The minimum Gasteiger partial charge on any atom is -0.377 e. The van der Waals surface area contributed by atoms with Crippen molar-refractivity contribution in [2.24, 2.45) is 0 Å². The van der Waals surface area contributed by atoms with Crippen LogP contribution in [-0.2, 0) is 11.3 Å². The Morgan fingerprint density at radius 3 is 3.14 bits per heavy atom. The summed E-state index contributed by atoms with van der Waals surface area (Å²) < 4.78 is 7.99. The van der Waals surface area contributed by atoms with Gasteiger partial charge in [-0.25, -0.2) is 4.98 Å². The zero-order valence-corrected chi connectivity index (χ0v) is 12.9. The lowest BCUT2D eigenvalue weighted by Gasteiger charge is -2.33. The normalized spacial score (nSPS) is 19.3. The Labute approximate surface area is 125 Å². The van der Waals surface area contributed by atoms with E-state index < -0.39 is 0 Å². The van der Waals surface area contributed by atoms with Crippen LogP contribution in [0.3, 0.4) is 0 Å². The Hall–Kier alpha value is -1.59. The van der Waals surface area contributed by atoms with Crippen LogP contribution in [0.25, 0.3) is 5.65 Å². The van der Waals surface area contributed by atoms with Crippen molar-refractivity contribution in [3.8, 4) is 0 Å². The molecule has 1 saturated heterocycles. The summed E-state index contributed by atoms with van der Waals surface area (Å²) in [7, 11) is 1.98. The van der Waals surface area contributed by atoms with E-state index in [4.69, 9.17) is 9.72 Å². The Morgan fingerprint density at radius 1 is 1.43 bits per heavy atom. The second kappa shape index (κ2) is 6.45. The third-order valence-corrected chi connectivity index (χ3v) is 4.03. The van der Waals surface area contributed by atoms with Crippen molar-refractivity contribution in [1.82, 2.24) is 14.7 Å². The largest absolute Gasteiger partial charge is 0.377 e. The van der Waals surface area contributed by atoms with Crippen molar-refractivity contribution in [1.29, 1.82) is 0 Å². The first kappa shape index (κ1) is 14.4. The molecule has 1 N–H and O–H groups in total. The first-order valence-corrected chi connectivity index (χ1v) is 7.80. The second-order valence-electron chi connectivity index (χ2n) is 5.51. The highest BCUT2D eigenvalue weighted by Crippen LogP contribution is 2.25. The maximum absolute atomic E-state index is 5.82. The fourth-order valence-corrected chi connectivity index (χ4v) is 3.12. The highest BCUT2D eigenvalue weighted by molar-refractivity contribution is 5.56. The van der Waals surface area contributed by atoms with Crippen LogP contribution >= 0.6 is 0 Å². The summed E-state index contributed by atoms with van der Waals surface area (Å²) >= 11 is 0. The fourth-order valence-electron chi connectivity index (χ4n) is 3.12. The van der Waals surface area contributed by atoms with Gasteiger partial charge in [0.1, 0.15) is 5.65 Å². The summed E-state index contributed by atoms with van der Waals surface area (Å²) in [6.07, 6.45) is 4.73. The highest BCUT2D eigenvalue weighted by Gasteiger charge is 2.24. The number of nitrogens with one attached hydrogen (secondary N) is 1. The summed E-state index contributed by atoms with van der Waals surface area (Å²) in [6.45, 7) is 5.66. The van der Waals surface area contributed by atoms with Gasteiger partial charge in [0.25, 0.3) is 0 Å². The zero-order chi connectivity index (χ0) is 14.7. The Kier molecular flexibility index (Phi) is 4.41. The number of piperidine rings is 1. The number of hydrogen-bond donors (Lipinski definition) is 1. The lowest BCUT2D eigenvalue weighted by molar-refractivity contribution is 0.0525. The number of rotatable bonds is 5. The highest BCUT2D eigenvalue weighted by atomic mass is 16.5. The van der Waals surface area contributed by atoms with E-state index in [0.717, 1.165) is 50.5 Å². The minimum absolute atomic E-state index is 0.330. The SMILES string of the molecule is CCOC1CCCN(c2nc3ccccn3c2CNC)C1. The molecule has 2 aromatic rings. The van der Waals surface area contributed by atoms with E-state index in [1.54, 1.807) is 0 Å². The van der Waals surface area contributed by atoms with E-state index in [1.165, 1.54) is 5.69 Å². The third-order valence-electron chi connectivity index (χ3n) is 4.03. The molecule has 21 heavy (non-hydrogen) atoms. The maximum Gasteiger partial charge on any atom is 0.152 e. The van der Waals surface area contributed by atoms with E-state index in [0.29, 0.717) is 6.10 Å². The molecule has 0 spiro atoms. The molecule has 1 atom stereocenters. The van der Waals surface area contributed by atoms with Gasteiger partial charge in [-0.1, -0.05) is 6.07 Å². The predicted octanol–water partition coefficient (Wildman–Crippen LogP) is 2.06. The van der Waals surface area contributed by atoms with Crippen molar-refractivity contribution in [2.45, 2.75) is 32.4 Å². The second-order valence-corrected chi connectivity index (χ2v) is 5.51. The quantitative estimate of drug-likeness (QED) is 0.914. The number of ether oxygens (including phenoxy) is 1. The van der Waals surface area contributed by atoms with Gasteiger partial charge in [-0.15, -0.1) is 0 Å². The molecule has 0 aromatic carbocycles. The maximum atomic E-state index is 5.82. The predicted molar refractivity (Wildman–Crippen MR) is 84.8 cm³/mol. The molecule has 1 aliphatic heterocycles. The third kappa shape index (κ3) is 2.89. The van der Waals surface area contributed by atoms with Crippen molar-refractivity contribution >= 4 is 11.5 Å². The standard InChI is InChI=1S/C16H24N4O/c1-3-21-13-7-6-9-19(12-13)16-14(11-17-2)20-10-5-4-8-15(20)18-16/h4-5,8,10,13,17H,3,6-7,9,11-12H2,1-2H3. The first-order valence-electron chi connectivity index (χ1n) is 7.80. The van der Waals surface area contributed by atoms with Gasteiger partial charge in [-0.3, -0.25) is 0 Å². The molecular weight excluding hydrogens is 264 g/mol. The topological polar surface area (TPSA) is 41.8 Å². The van der Waals surface area contributed by atoms with Gasteiger partial charge in [0.05, 0.1) is 11.8 Å². The summed E-state index contributed by atoms with van der Waals surface area (Å²) in [5.41, 5.74) is 2.24. The molecule has 1 aliphatic rings. The van der Waals surface area contributed by atoms with Crippen molar-refractivity contribution < 1.29 is 4.74 Å². The number of aromatic nitrogens is 2. The average molecular weight is 288 g/mol. The molecule has 3 rings (SSSR count). The summed E-state index contributed by atoms with van der Waals surface area (Å²) in [5.74, 6) is 1.10. The van der Waals surface area contributed by atoms with Crippen LogP contribution in [0.15, 0.2) is 24.4 Å². The minimum atomic E-state index is 0.330. The fraction of sp³-hybridized carbons (Fsp3) is 0.562. The van der Waals surface area contributed by atoms with E-state index in [-0.39, 0.29) is 0 Å². The van der Waals surface area contributed by atoms with Crippen LogP contribution in [0.4, 0.5) is 5.82 Å². The van der Waals surface area contributed by atoms with Gasteiger partial charge >= 0.3 is 0 Å². The van der Waals surface area contributed by atoms with E-state index >= 15 is 0 Å². The van der Waals surface area contributed by atoms with E-state index in [9.17, 15) is 0 Å². The van der Waals surface area contributed by atoms with Crippen molar-refractivity contribution in [3.05, 3.63) is 30.1 Å². The molecule has 0 bridgehead atoms. The van der Waals surface area contributed by atoms with Crippen LogP contribution < -0.4 is 10.2 Å². The van der Waals surface area contributed by atoms with Crippen LogP contribution in [0.2, 0.25) is 0 Å². The summed E-state index contributed by atoms with van der Waals surface area (Å²) in [5, 5.41) is 3.26. The van der Waals surface area contributed by atoms with Crippen LogP contribution in [-0.4, -0.2) is 42.2 Å². The molecule has 114 valence electrons. The zero-order valence-electron chi connectivity index (χ0n) is 12.9. The van der Waals surface area contributed by atoms with E-state index in [1.807, 2.05) is 13.1 Å². The smallest absolute Gasteiger partial charge is 0.152 e. The molecule has 1 fully saturated rings. The molecule has 0 amide bonds. The number of hydrogen-bond acceptors (Lipinski definition) is 4. The number of nitrogens with zero attached hydrogens (tertiary/aromatic N) is 3.